The normalized spacial score (nSPS) is 11.8. The second-order valence-electron chi connectivity index (χ2n) is 13.4. The molecule has 0 bridgehead atoms. The number of hydrogen-bond acceptors (Lipinski definition) is 4. The molecule has 7 aromatic carbocycles. The summed E-state index contributed by atoms with van der Waals surface area (Å²) >= 11 is 0. The van der Waals surface area contributed by atoms with E-state index in [0.717, 1.165) is 77.0 Å². The summed E-state index contributed by atoms with van der Waals surface area (Å²) in [6.07, 6.45) is 1.83. The summed E-state index contributed by atoms with van der Waals surface area (Å²) in [6, 6.07) is 57.9. The number of fused-ring (bicyclic) bond motifs is 10. The van der Waals surface area contributed by atoms with Crippen molar-refractivity contribution < 1.29 is 0 Å². The fraction of sp³-hybridized carbons (Fsp3) is 0. The first-order valence-corrected chi connectivity index (χ1v) is 17.5. The van der Waals surface area contributed by atoms with Crippen molar-refractivity contribution in [2.75, 3.05) is 0 Å². The van der Waals surface area contributed by atoms with E-state index in [4.69, 9.17) is 15.0 Å². The predicted molar refractivity (Wildman–Crippen MR) is 216 cm³/mol. The van der Waals surface area contributed by atoms with Crippen LogP contribution in [0.15, 0.2) is 170 Å². The Labute approximate surface area is 298 Å². The molecule has 0 fully saturated rings. The molecule has 4 heteroatoms. The number of para-hydroxylation sites is 1. The summed E-state index contributed by atoms with van der Waals surface area (Å²) < 4.78 is 0. The summed E-state index contributed by atoms with van der Waals surface area (Å²) in [5.74, 6) is 0. The molecule has 0 saturated carbocycles. The largest absolute Gasteiger partial charge is 0.254 e. The zero-order valence-corrected chi connectivity index (χ0v) is 28.0. The standard InChI is InChI=1S/C48H28N4/c1-2-7-30(8-3-1)44-38-10-4-5-11-43(38)52-48-39(44)23-18-33-21-25-42(51-47(33)48)36-17-13-29-12-16-34-27-35(19-22-37(34)40(29)28-36)41-24-20-32-15-14-31-9-6-26-49-45(31)46(32)50-41/h1-28H. The van der Waals surface area contributed by atoms with Gasteiger partial charge in [0.05, 0.1) is 39.0 Å². The number of rotatable bonds is 3. The molecular formula is C48H28N4. The minimum absolute atomic E-state index is 0.909. The minimum Gasteiger partial charge on any atom is -0.254 e. The van der Waals surface area contributed by atoms with Crippen LogP contribution in [0, 0.1) is 0 Å². The third-order valence-electron chi connectivity index (χ3n) is 10.4. The Morgan fingerprint density at radius 2 is 0.923 bits per heavy atom. The Hall–Kier alpha value is -7.04. The lowest BCUT2D eigenvalue weighted by Crippen LogP contribution is -1.93. The highest BCUT2D eigenvalue weighted by Gasteiger charge is 2.15. The fourth-order valence-electron chi connectivity index (χ4n) is 7.88. The lowest BCUT2D eigenvalue weighted by Gasteiger charge is -2.13. The average Bonchev–Trinajstić information content (AvgIpc) is 3.22. The maximum absolute atomic E-state index is 5.33. The van der Waals surface area contributed by atoms with E-state index in [1.165, 1.54) is 32.7 Å². The Bertz CT molecular complexity index is 3240. The van der Waals surface area contributed by atoms with Gasteiger partial charge < -0.3 is 0 Å². The van der Waals surface area contributed by atoms with E-state index in [1.807, 2.05) is 12.3 Å². The zero-order chi connectivity index (χ0) is 34.2. The molecule has 4 heterocycles. The molecule has 0 amide bonds. The Morgan fingerprint density at radius 3 is 1.77 bits per heavy atom. The van der Waals surface area contributed by atoms with E-state index in [-0.39, 0.29) is 0 Å². The highest BCUT2D eigenvalue weighted by atomic mass is 14.8. The number of pyridine rings is 4. The van der Waals surface area contributed by atoms with Gasteiger partial charge in [0.1, 0.15) is 0 Å². The average molecular weight is 661 g/mol. The van der Waals surface area contributed by atoms with Crippen molar-refractivity contribution in [3.63, 3.8) is 0 Å². The van der Waals surface area contributed by atoms with Gasteiger partial charge in [-0.2, -0.15) is 0 Å². The molecule has 0 aliphatic rings. The third-order valence-corrected chi connectivity index (χ3v) is 10.4. The van der Waals surface area contributed by atoms with Crippen LogP contribution in [-0.2, 0) is 0 Å². The molecule has 4 aromatic heterocycles. The smallest absolute Gasteiger partial charge is 0.0978 e. The second kappa shape index (κ2) is 11.2. The Balaban J connectivity index is 1.05. The van der Waals surface area contributed by atoms with E-state index >= 15 is 0 Å². The topological polar surface area (TPSA) is 51.6 Å². The van der Waals surface area contributed by atoms with Crippen molar-refractivity contribution in [3.05, 3.63) is 170 Å². The number of hydrogen-bond donors (Lipinski definition) is 0. The maximum atomic E-state index is 5.33. The lowest BCUT2D eigenvalue weighted by molar-refractivity contribution is 1.37. The van der Waals surface area contributed by atoms with Crippen LogP contribution >= 0.6 is 0 Å². The van der Waals surface area contributed by atoms with Gasteiger partial charge in [-0.3, -0.25) is 4.98 Å². The second-order valence-corrected chi connectivity index (χ2v) is 13.4. The van der Waals surface area contributed by atoms with Gasteiger partial charge in [-0.1, -0.05) is 127 Å². The molecule has 0 aliphatic heterocycles. The van der Waals surface area contributed by atoms with E-state index in [9.17, 15) is 0 Å². The van der Waals surface area contributed by atoms with Crippen molar-refractivity contribution in [1.82, 2.24) is 19.9 Å². The monoisotopic (exact) mass is 660 g/mol. The fourth-order valence-corrected chi connectivity index (χ4v) is 7.88. The number of nitrogens with zero attached hydrogens (tertiary/aromatic N) is 4. The van der Waals surface area contributed by atoms with Crippen molar-refractivity contribution in [3.8, 4) is 33.6 Å². The van der Waals surface area contributed by atoms with Crippen LogP contribution in [0.2, 0.25) is 0 Å². The van der Waals surface area contributed by atoms with Crippen molar-refractivity contribution in [2.45, 2.75) is 0 Å². The van der Waals surface area contributed by atoms with E-state index in [1.54, 1.807) is 0 Å². The molecule has 0 aliphatic carbocycles. The van der Waals surface area contributed by atoms with Gasteiger partial charge in [0.15, 0.2) is 0 Å². The first kappa shape index (κ1) is 28.8. The molecule has 240 valence electrons. The third kappa shape index (κ3) is 4.48. The van der Waals surface area contributed by atoms with Crippen LogP contribution in [0.5, 0.6) is 0 Å². The summed E-state index contributed by atoms with van der Waals surface area (Å²) in [6.45, 7) is 0. The molecule has 0 unspecified atom stereocenters. The first-order valence-electron chi connectivity index (χ1n) is 17.5. The molecule has 0 N–H and O–H groups in total. The lowest BCUT2D eigenvalue weighted by atomic mass is 9.95. The van der Waals surface area contributed by atoms with Gasteiger partial charge in [0.25, 0.3) is 0 Å². The van der Waals surface area contributed by atoms with Gasteiger partial charge in [-0.25, -0.2) is 15.0 Å². The highest BCUT2D eigenvalue weighted by Crippen LogP contribution is 2.38. The van der Waals surface area contributed by atoms with Crippen LogP contribution < -0.4 is 0 Å². The summed E-state index contributed by atoms with van der Waals surface area (Å²) in [5, 5.41) is 10.3. The van der Waals surface area contributed by atoms with Crippen LogP contribution in [0.1, 0.15) is 0 Å². The molecule has 0 spiro atoms. The minimum atomic E-state index is 0.909. The van der Waals surface area contributed by atoms with Crippen LogP contribution in [0.4, 0.5) is 0 Å². The van der Waals surface area contributed by atoms with Gasteiger partial charge >= 0.3 is 0 Å². The summed E-state index contributed by atoms with van der Waals surface area (Å²) in [5.41, 5.74) is 11.0. The van der Waals surface area contributed by atoms with Crippen LogP contribution in [0.3, 0.4) is 0 Å². The van der Waals surface area contributed by atoms with Gasteiger partial charge in [-0.05, 0) is 63.5 Å². The summed E-state index contributed by atoms with van der Waals surface area (Å²) in [7, 11) is 0. The zero-order valence-electron chi connectivity index (χ0n) is 28.0. The predicted octanol–water partition coefficient (Wildman–Crippen LogP) is 12.3. The molecule has 52 heavy (non-hydrogen) atoms. The number of aromatic nitrogens is 4. The molecule has 11 rings (SSSR count). The maximum Gasteiger partial charge on any atom is 0.0978 e. The van der Waals surface area contributed by atoms with Gasteiger partial charge in [0.2, 0.25) is 0 Å². The molecule has 0 radical (unpaired) electrons. The van der Waals surface area contributed by atoms with Crippen molar-refractivity contribution in [1.29, 1.82) is 0 Å². The molecule has 4 nitrogen and oxygen atoms in total. The van der Waals surface area contributed by atoms with E-state index < -0.39 is 0 Å². The van der Waals surface area contributed by atoms with E-state index in [2.05, 4.69) is 163 Å². The number of benzene rings is 7. The van der Waals surface area contributed by atoms with Crippen LogP contribution in [0.25, 0.3) is 110 Å². The van der Waals surface area contributed by atoms with Gasteiger partial charge in [0, 0.05) is 49.8 Å². The first-order chi connectivity index (χ1) is 25.7. The van der Waals surface area contributed by atoms with Crippen molar-refractivity contribution >= 4 is 76.1 Å². The van der Waals surface area contributed by atoms with E-state index in [0.29, 0.717) is 0 Å². The van der Waals surface area contributed by atoms with Crippen LogP contribution in [-0.4, -0.2) is 19.9 Å². The molecule has 0 atom stereocenters. The Kier molecular flexibility index (Phi) is 6.22. The van der Waals surface area contributed by atoms with Gasteiger partial charge in [-0.15, -0.1) is 0 Å². The van der Waals surface area contributed by atoms with Crippen molar-refractivity contribution in [2.24, 2.45) is 0 Å². The summed E-state index contributed by atoms with van der Waals surface area (Å²) in [4.78, 5) is 20.3. The highest BCUT2D eigenvalue weighted by molar-refractivity contribution is 6.16. The molecule has 0 saturated heterocycles. The SMILES string of the molecule is c1ccc(-c2c3ccccc3nc3c2ccc2ccc(-c4ccc5ccc6cc(-c7ccc8ccc9cccnc9c8n7)ccc6c5c4)nc23)cc1. The molecule has 11 aromatic rings. The Morgan fingerprint density at radius 1 is 0.308 bits per heavy atom. The quantitative estimate of drug-likeness (QED) is 0.140. The molecular weight excluding hydrogens is 633 g/mol.